The fourth-order valence-electron chi connectivity index (χ4n) is 3.22. The summed E-state index contributed by atoms with van der Waals surface area (Å²) in [6, 6.07) is 12.9. The van der Waals surface area contributed by atoms with E-state index in [1.165, 1.54) is 0 Å². The van der Waals surface area contributed by atoms with Gasteiger partial charge in [-0.05, 0) is 34.9 Å². The van der Waals surface area contributed by atoms with Gasteiger partial charge in [0.15, 0.2) is 11.5 Å². The van der Waals surface area contributed by atoms with E-state index in [9.17, 15) is 9.90 Å². The summed E-state index contributed by atoms with van der Waals surface area (Å²) in [5.74, 6) is -0.120. The number of carbonyl (C=O) groups is 1. The molecule has 0 fully saturated rings. The summed E-state index contributed by atoms with van der Waals surface area (Å²) in [4.78, 5) is 11.5. The Balaban J connectivity index is 1.48. The number of carboxylic acid groups (broad SMARTS) is 1. The van der Waals surface area contributed by atoms with Gasteiger partial charge in [-0.3, -0.25) is 0 Å². The van der Waals surface area contributed by atoms with Crippen LogP contribution in [0.1, 0.15) is 29.0 Å². The molecule has 2 aromatic rings. The van der Waals surface area contributed by atoms with Crippen molar-refractivity contribution in [2.24, 2.45) is 0 Å². The van der Waals surface area contributed by atoms with Gasteiger partial charge in [0.1, 0.15) is 0 Å². The number of aliphatic hydroxyl groups excluding tert-OH is 1. The number of carboxylic acids is 1. The molecule has 2 aliphatic rings. The van der Waals surface area contributed by atoms with Crippen LogP contribution in [0.25, 0.3) is 0 Å². The third-order valence-corrected chi connectivity index (χ3v) is 4.73. The second-order valence-corrected chi connectivity index (χ2v) is 6.62. The number of aliphatic hydroxyl groups is 1. The minimum Gasteiger partial charge on any atom is -0.475 e. The van der Waals surface area contributed by atoms with Gasteiger partial charge in [0.2, 0.25) is 18.8 Å². The second-order valence-electron chi connectivity index (χ2n) is 6.62. The van der Waals surface area contributed by atoms with Crippen LogP contribution in [0.15, 0.2) is 54.3 Å². The van der Waals surface area contributed by atoms with Crippen LogP contribution in [0.5, 0.6) is 11.5 Å². The van der Waals surface area contributed by atoms with Crippen LogP contribution < -0.4 is 9.47 Å². The van der Waals surface area contributed by atoms with E-state index in [-0.39, 0.29) is 31.7 Å². The van der Waals surface area contributed by atoms with Crippen molar-refractivity contribution < 1.29 is 34.0 Å². The highest BCUT2D eigenvalue weighted by molar-refractivity contribution is 5.84. The lowest BCUT2D eigenvalue weighted by molar-refractivity contribution is -0.159. The van der Waals surface area contributed by atoms with E-state index < -0.39 is 12.3 Å². The number of aliphatic carboxylic acids is 1. The van der Waals surface area contributed by atoms with Crippen LogP contribution in [0.2, 0.25) is 0 Å². The summed E-state index contributed by atoms with van der Waals surface area (Å²) >= 11 is 0. The predicted molar refractivity (Wildman–Crippen MR) is 97.7 cm³/mol. The lowest BCUT2D eigenvalue weighted by atomic mass is 9.92. The molecule has 0 saturated carbocycles. The van der Waals surface area contributed by atoms with E-state index in [0.717, 1.165) is 16.7 Å². The first-order chi connectivity index (χ1) is 13.6. The van der Waals surface area contributed by atoms with Crippen molar-refractivity contribution in [3.05, 3.63) is 71.0 Å². The summed E-state index contributed by atoms with van der Waals surface area (Å²) in [5, 5.41) is 18.5. The number of hydrogen-bond donors (Lipinski definition) is 2. The molecule has 0 saturated heterocycles. The van der Waals surface area contributed by atoms with Gasteiger partial charge < -0.3 is 29.2 Å². The summed E-state index contributed by atoms with van der Waals surface area (Å²) in [6.45, 7) is 0.442. The quantitative estimate of drug-likeness (QED) is 0.791. The number of benzene rings is 2. The smallest absolute Gasteiger partial charge is 0.370 e. The van der Waals surface area contributed by atoms with Crippen molar-refractivity contribution in [2.45, 2.75) is 31.8 Å². The number of fused-ring (bicyclic) bond motifs is 1. The highest BCUT2D eigenvalue weighted by Crippen LogP contribution is 2.38. The van der Waals surface area contributed by atoms with E-state index in [1.54, 1.807) is 6.08 Å². The Morgan fingerprint density at radius 1 is 1.07 bits per heavy atom. The number of allylic oxidation sites excluding steroid dienone is 1. The van der Waals surface area contributed by atoms with Crippen LogP contribution >= 0.6 is 0 Å². The van der Waals surface area contributed by atoms with Gasteiger partial charge in [-0.1, -0.05) is 30.3 Å². The molecule has 0 spiro atoms. The maximum absolute atomic E-state index is 11.5. The molecule has 2 aliphatic heterocycles. The molecular formula is C21H20O7. The standard InChI is InChI=1S/C21H20O7/c22-10-13-1-3-14(4-2-13)11-25-20-9-16(8-19(28-20)21(23)24)15-5-6-17-18(7-15)27-12-26-17/h1-8,16,20,22H,9-12H2,(H,23,24)/t16-,20+/m1/s1. The topological polar surface area (TPSA) is 94.5 Å². The maximum atomic E-state index is 11.5. The summed E-state index contributed by atoms with van der Waals surface area (Å²) in [5.41, 5.74) is 2.63. The molecule has 0 aliphatic carbocycles. The van der Waals surface area contributed by atoms with Crippen molar-refractivity contribution in [1.82, 2.24) is 0 Å². The van der Waals surface area contributed by atoms with Gasteiger partial charge in [0.25, 0.3) is 0 Å². The maximum Gasteiger partial charge on any atom is 0.370 e. The minimum absolute atomic E-state index is 0.0170. The Labute approximate surface area is 161 Å². The average Bonchev–Trinajstić information content (AvgIpc) is 3.20. The Bertz CT molecular complexity index is 888. The zero-order valence-electron chi connectivity index (χ0n) is 15.0. The molecule has 146 valence electrons. The van der Waals surface area contributed by atoms with Gasteiger partial charge in [-0.15, -0.1) is 0 Å². The van der Waals surface area contributed by atoms with Crippen molar-refractivity contribution >= 4 is 5.97 Å². The molecule has 28 heavy (non-hydrogen) atoms. The Morgan fingerprint density at radius 3 is 2.57 bits per heavy atom. The first kappa shape index (κ1) is 18.3. The van der Waals surface area contributed by atoms with Crippen molar-refractivity contribution in [1.29, 1.82) is 0 Å². The molecule has 0 aromatic heterocycles. The van der Waals surface area contributed by atoms with Crippen molar-refractivity contribution in [3.63, 3.8) is 0 Å². The monoisotopic (exact) mass is 384 g/mol. The summed E-state index contributed by atoms with van der Waals surface area (Å²) < 4.78 is 22.1. The van der Waals surface area contributed by atoms with E-state index in [4.69, 9.17) is 24.1 Å². The van der Waals surface area contributed by atoms with E-state index in [0.29, 0.717) is 17.9 Å². The number of ether oxygens (including phenoxy) is 4. The molecule has 0 amide bonds. The molecule has 7 nitrogen and oxygen atoms in total. The van der Waals surface area contributed by atoms with Gasteiger partial charge in [0, 0.05) is 12.3 Å². The summed E-state index contributed by atoms with van der Waals surface area (Å²) in [7, 11) is 0. The van der Waals surface area contributed by atoms with E-state index >= 15 is 0 Å². The minimum atomic E-state index is -1.13. The molecule has 7 heteroatoms. The zero-order chi connectivity index (χ0) is 19.5. The lowest BCUT2D eigenvalue weighted by Crippen LogP contribution is -2.26. The predicted octanol–water partition coefficient (Wildman–Crippen LogP) is 2.92. The number of rotatable bonds is 6. The van der Waals surface area contributed by atoms with Crippen molar-refractivity contribution in [2.75, 3.05) is 6.79 Å². The first-order valence-electron chi connectivity index (χ1n) is 8.94. The van der Waals surface area contributed by atoms with E-state index in [1.807, 2.05) is 42.5 Å². The number of hydrogen-bond acceptors (Lipinski definition) is 6. The highest BCUT2D eigenvalue weighted by Gasteiger charge is 2.29. The van der Waals surface area contributed by atoms with Gasteiger partial charge in [-0.25, -0.2) is 4.79 Å². The average molecular weight is 384 g/mol. The summed E-state index contributed by atoms with van der Waals surface area (Å²) in [6.07, 6.45) is 1.38. The third kappa shape index (κ3) is 3.95. The molecule has 0 radical (unpaired) electrons. The van der Waals surface area contributed by atoms with Crippen LogP contribution in [-0.4, -0.2) is 29.3 Å². The lowest BCUT2D eigenvalue weighted by Gasteiger charge is -2.28. The molecule has 4 rings (SSSR count). The fraction of sp³-hybridized carbons (Fsp3) is 0.286. The molecule has 2 N–H and O–H groups in total. The first-order valence-corrected chi connectivity index (χ1v) is 8.94. The Kier molecular flexibility index (Phi) is 5.18. The molecule has 2 atom stereocenters. The van der Waals surface area contributed by atoms with Gasteiger partial charge in [0.05, 0.1) is 13.2 Å². The SMILES string of the molecule is O=C(O)C1=C[C@@H](c2ccc3c(c2)OCO3)C[C@@H](OCc2ccc(CO)cc2)O1. The molecular weight excluding hydrogens is 364 g/mol. The highest BCUT2D eigenvalue weighted by atomic mass is 16.7. The molecule has 2 heterocycles. The van der Waals surface area contributed by atoms with Crippen molar-refractivity contribution in [3.8, 4) is 11.5 Å². The molecule has 0 unspecified atom stereocenters. The Morgan fingerprint density at radius 2 is 1.82 bits per heavy atom. The third-order valence-electron chi connectivity index (χ3n) is 4.73. The van der Waals surface area contributed by atoms with Gasteiger partial charge >= 0.3 is 5.97 Å². The molecule has 2 aromatic carbocycles. The van der Waals surface area contributed by atoms with Crippen LogP contribution in [-0.2, 0) is 27.5 Å². The largest absolute Gasteiger partial charge is 0.475 e. The zero-order valence-corrected chi connectivity index (χ0v) is 15.0. The van der Waals surface area contributed by atoms with Crippen LogP contribution in [0.4, 0.5) is 0 Å². The van der Waals surface area contributed by atoms with Crippen LogP contribution in [0, 0.1) is 0 Å². The Hall–Kier alpha value is -3.03. The van der Waals surface area contributed by atoms with Crippen LogP contribution in [0.3, 0.4) is 0 Å². The van der Waals surface area contributed by atoms with E-state index in [2.05, 4.69) is 0 Å². The normalized spacial score (nSPS) is 20.4. The molecule has 0 bridgehead atoms. The fourth-order valence-corrected chi connectivity index (χ4v) is 3.22. The second kappa shape index (κ2) is 7.92. The van der Waals surface area contributed by atoms with Gasteiger partial charge in [-0.2, -0.15) is 0 Å².